The fourth-order valence-electron chi connectivity index (χ4n) is 5.26. The van der Waals surface area contributed by atoms with Crippen molar-refractivity contribution in [2.45, 2.75) is 45.8 Å². The Morgan fingerprint density at radius 3 is 2.56 bits per heavy atom. The number of H-pyrrole nitrogens is 2. The van der Waals surface area contributed by atoms with Gasteiger partial charge in [-0.05, 0) is 69.5 Å². The van der Waals surface area contributed by atoms with E-state index in [0.29, 0.717) is 12.2 Å². The summed E-state index contributed by atoms with van der Waals surface area (Å²) in [5, 5.41) is 12.6. The summed E-state index contributed by atoms with van der Waals surface area (Å²) in [5.74, 6) is 0.605. The Hall–Kier alpha value is -5.11. The Balaban J connectivity index is 1.31. The van der Waals surface area contributed by atoms with Gasteiger partial charge in [-0.25, -0.2) is 4.79 Å². The number of hydrogen-bond donors (Lipinski definition) is 3. The number of alkyl carbamates (subject to hydrolysis) is 1. The smallest absolute Gasteiger partial charge is 0.408 e. The largest absolute Gasteiger partial charge is 0.490 e. The number of rotatable bonds is 8. The molecule has 3 aromatic carbocycles. The summed E-state index contributed by atoms with van der Waals surface area (Å²) in [7, 11) is 0. The second-order valence-corrected chi connectivity index (χ2v) is 11.7. The van der Waals surface area contributed by atoms with E-state index in [1.54, 1.807) is 6.20 Å². The molecule has 0 aliphatic heterocycles. The van der Waals surface area contributed by atoms with Gasteiger partial charge in [0.25, 0.3) is 0 Å². The van der Waals surface area contributed by atoms with E-state index in [2.05, 4.69) is 50.8 Å². The van der Waals surface area contributed by atoms with Gasteiger partial charge in [0.2, 0.25) is 0 Å². The van der Waals surface area contributed by atoms with E-state index in [1.807, 2.05) is 82.4 Å². The number of nitrogens with zero attached hydrogens (tertiary/aromatic N) is 2. The molecule has 0 spiro atoms. The molecule has 0 aliphatic rings. The molecule has 0 saturated carbocycles. The van der Waals surface area contributed by atoms with Crippen LogP contribution in [-0.2, 0) is 11.2 Å². The van der Waals surface area contributed by atoms with Crippen molar-refractivity contribution in [2.24, 2.45) is 0 Å². The lowest BCUT2D eigenvalue weighted by atomic mass is 9.98. The molecule has 0 aliphatic carbocycles. The molecule has 3 N–H and O–H groups in total. The summed E-state index contributed by atoms with van der Waals surface area (Å²) < 4.78 is 11.9. The van der Waals surface area contributed by atoms with E-state index >= 15 is 0 Å². The average molecular weight is 574 g/mol. The predicted octanol–water partition coefficient (Wildman–Crippen LogP) is 7.60. The highest BCUT2D eigenvalue weighted by Crippen LogP contribution is 2.35. The third-order valence-electron chi connectivity index (χ3n) is 7.28. The van der Waals surface area contributed by atoms with Gasteiger partial charge in [0.05, 0.1) is 23.4 Å². The molecular weight excluding hydrogens is 538 g/mol. The van der Waals surface area contributed by atoms with Gasteiger partial charge in [-0.2, -0.15) is 5.10 Å². The van der Waals surface area contributed by atoms with Gasteiger partial charge in [-0.1, -0.05) is 54.6 Å². The first-order chi connectivity index (χ1) is 20.7. The number of aromatic amines is 2. The number of hydrogen-bond acceptors (Lipinski definition) is 5. The maximum Gasteiger partial charge on any atom is 0.408 e. The second kappa shape index (κ2) is 11.6. The van der Waals surface area contributed by atoms with Gasteiger partial charge in [0.15, 0.2) is 0 Å². The Labute approximate surface area is 250 Å². The molecule has 8 heteroatoms. The van der Waals surface area contributed by atoms with E-state index in [4.69, 9.17) is 14.5 Å². The fourth-order valence-corrected chi connectivity index (χ4v) is 5.26. The van der Waals surface area contributed by atoms with Crippen molar-refractivity contribution in [1.29, 1.82) is 0 Å². The summed E-state index contributed by atoms with van der Waals surface area (Å²) in [6.45, 7) is 7.79. The summed E-state index contributed by atoms with van der Waals surface area (Å²) in [6, 6.07) is 26.1. The number of aryl methyl sites for hydroxylation is 1. The first-order valence-electron chi connectivity index (χ1n) is 14.4. The van der Waals surface area contributed by atoms with Crippen LogP contribution in [0.2, 0.25) is 0 Å². The van der Waals surface area contributed by atoms with Crippen LogP contribution < -0.4 is 10.1 Å². The number of carbonyl (C=O) groups is 1. The van der Waals surface area contributed by atoms with Crippen LogP contribution in [0.5, 0.6) is 5.75 Å². The van der Waals surface area contributed by atoms with E-state index in [0.717, 1.165) is 55.4 Å². The minimum Gasteiger partial charge on any atom is -0.490 e. The van der Waals surface area contributed by atoms with Crippen molar-refractivity contribution in [1.82, 2.24) is 25.5 Å². The van der Waals surface area contributed by atoms with E-state index < -0.39 is 11.7 Å². The van der Waals surface area contributed by atoms with Crippen molar-refractivity contribution in [2.75, 3.05) is 6.61 Å². The van der Waals surface area contributed by atoms with Gasteiger partial charge >= 0.3 is 6.09 Å². The van der Waals surface area contributed by atoms with Crippen LogP contribution in [0.3, 0.4) is 0 Å². The average Bonchev–Trinajstić information content (AvgIpc) is 3.58. The van der Waals surface area contributed by atoms with E-state index in [1.165, 1.54) is 0 Å². The van der Waals surface area contributed by atoms with Gasteiger partial charge in [-0.3, -0.25) is 10.1 Å². The molecule has 43 heavy (non-hydrogen) atoms. The number of fused-ring (bicyclic) bond motifs is 2. The maximum atomic E-state index is 12.8. The Morgan fingerprint density at radius 2 is 1.74 bits per heavy atom. The molecule has 1 amide bonds. The number of carbonyl (C=O) groups excluding carboxylic acids is 1. The molecule has 0 bridgehead atoms. The lowest BCUT2D eigenvalue weighted by molar-refractivity contribution is 0.0488. The summed E-state index contributed by atoms with van der Waals surface area (Å²) >= 11 is 0. The van der Waals surface area contributed by atoms with Crippen LogP contribution >= 0.6 is 0 Å². The van der Waals surface area contributed by atoms with Gasteiger partial charge in [0.1, 0.15) is 18.0 Å². The fraction of sp³-hybridized carbons (Fsp3) is 0.229. The normalized spacial score (nSPS) is 12.4. The number of amides is 1. The quantitative estimate of drug-likeness (QED) is 0.174. The molecular formula is C35H35N5O3. The molecule has 0 radical (unpaired) electrons. The lowest BCUT2D eigenvalue weighted by Crippen LogP contribution is -2.43. The zero-order valence-electron chi connectivity index (χ0n) is 24.8. The van der Waals surface area contributed by atoms with Crippen LogP contribution in [-0.4, -0.2) is 44.5 Å². The molecule has 1 atom stereocenters. The minimum atomic E-state index is -0.614. The first kappa shape index (κ1) is 28.0. The molecule has 0 fully saturated rings. The van der Waals surface area contributed by atoms with Crippen LogP contribution in [0.15, 0.2) is 91.3 Å². The molecule has 6 rings (SSSR count). The predicted molar refractivity (Wildman–Crippen MR) is 170 cm³/mol. The van der Waals surface area contributed by atoms with Gasteiger partial charge in [-0.15, -0.1) is 0 Å². The molecule has 3 aromatic heterocycles. The summed E-state index contributed by atoms with van der Waals surface area (Å²) in [5.41, 5.74) is 7.26. The molecule has 8 nitrogen and oxygen atoms in total. The summed E-state index contributed by atoms with van der Waals surface area (Å²) in [4.78, 5) is 21.0. The van der Waals surface area contributed by atoms with Crippen molar-refractivity contribution >= 4 is 27.9 Å². The van der Waals surface area contributed by atoms with Crippen LogP contribution in [0.1, 0.15) is 32.0 Å². The highest BCUT2D eigenvalue weighted by molar-refractivity contribution is 5.90. The third-order valence-corrected chi connectivity index (χ3v) is 7.28. The number of para-hydroxylation sites is 1. The molecule has 218 valence electrons. The standard InChI is InChI=1S/C35H35N5O3/c1-22-29-17-24(14-15-32(29)40-39-22)30-18-27(20-37-33(30)23-10-6-5-7-11-23)42-21-26(38-34(41)43-35(2,3)4)16-25-19-36-31-13-9-8-12-28(25)31/h5-15,17-20,26,36H,16,21H2,1-4H3,(H,38,41)(H,39,40)/t26-/m1/s1. The van der Waals surface area contributed by atoms with Crippen molar-refractivity contribution < 1.29 is 14.3 Å². The number of aromatic nitrogens is 4. The zero-order valence-corrected chi connectivity index (χ0v) is 24.8. The maximum absolute atomic E-state index is 12.8. The monoisotopic (exact) mass is 573 g/mol. The molecule has 0 unspecified atom stereocenters. The van der Waals surface area contributed by atoms with E-state index in [-0.39, 0.29) is 12.6 Å². The highest BCUT2D eigenvalue weighted by Gasteiger charge is 2.22. The van der Waals surface area contributed by atoms with Crippen LogP contribution in [0, 0.1) is 6.92 Å². The Morgan fingerprint density at radius 1 is 0.953 bits per heavy atom. The minimum absolute atomic E-state index is 0.227. The number of nitrogens with one attached hydrogen (secondary N) is 3. The number of pyridine rings is 1. The Kier molecular flexibility index (Phi) is 7.59. The van der Waals surface area contributed by atoms with Crippen molar-refractivity contribution in [3.05, 3.63) is 103 Å². The van der Waals surface area contributed by atoms with Gasteiger partial charge < -0.3 is 19.8 Å². The SMILES string of the molecule is Cc1[nH]nc2ccc(-c3cc(OC[C@@H](Cc4c[nH]c5ccccc45)NC(=O)OC(C)(C)C)cnc3-c3ccccc3)cc12. The topological polar surface area (TPSA) is 105 Å². The Bertz CT molecular complexity index is 1880. The molecule has 0 saturated heterocycles. The summed E-state index contributed by atoms with van der Waals surface area (Å²) in [6.07, 6.45) is 3.80. The molecule has 3 heterocycles. The first-order valence-corrected chi connectivity index (χ1v) is 14.4. The van der Waals surface area contributed by atoms with Gasteiger partial charge in [0, 0.05) is 39.3 Å². The second-order valence-electron chi connectivity index (χ2n) is 11.7. The van der Waals surface area contributed by atoms with Crippen molar-refractivity contribution in [3.63, 3.8) is 0 Å². The van der Waals surface area contributed by atoms with E-state index in [9.17, 15) is 4.79 Å². The number of ether oxygens (including phenoxy) is 2. The third kappa shape index (κ3) is 6.38. The number of benzene rings is 3. The van der Waals surface area contributed by atoms with Crippen LogP contribution in [0.4, 0.5) is 4.79 Å². The highest BCUT2D eigenvalue weighted by atomic mass is 16.6. The van der Waals surface area contributed by atoms with Crippen LogP contribution in [0.25, 0.3) is 44.2 Å². The molecule has 6 aromatic rings. The zero-order chi connectivity index (χ0) is 30.0. The lowest BCUT2D eigenvalue weighted by Gasteiger charge is -2.24. The van der Waals surface area contributed by atoms with Crippen molar-refractivity contribution in [3.8, 4) is 28.1 Å².